The van der Waals surface area contributed by atoms with Crippen LogP contribution in [0.4, 0.5) is 8.78 Å². The lowest BCUT2D eigenvalue weighted by Crippen LogP contribution is -2.05. The van der Waals surface area contributed by atoms with E-state index in [1.54, 1.807) is 6.92 Å². The largest absolute Gasteiger partial charge is 0.264 e. The van der Waals surface area contributed by atoms with Crippen LogP contribution in [-0.4, -0.2) is 14.8 Å². The third-order valence-electron chi connectivity index (χ3n) is 2.17. The first-order chi connectivity index (χ1) is 7.65. The van der Waals surface area contributed by atoms with Gasteiger partial charge in [-0.2, -0.15) is 0 Å². The van der Waals surface area contributed by atoms with Gasteiger partial charge >= 0.3 is 0 Å². The molecular weight excluding hydrogens is 236 g/mol. The second kappa shape index (κ2) is 4.17. The molecule has 2 rings (SSSR count). The molecule has 84 valence electrons. The fraction of sp³-hybridized carbons (Fsp3) is 0.200. The molecule has 0 atom stereocenters. The van der Waals surface area contributed by atoms with E-state index in [0.29, 0.717) is 12.2 Å². The molecule has 16 heavy (non-hydrogen) atoms. The summed E-state index contributed by atoms with van der Waals surface area (Å²) >= 11 is 5.76. The molecule has 1 aromatic heterocycles. The second-order valence-electron chi connectivity index (χ2n) is 3.14. The molecule has 0 amide bonds. The first kappa shape index (κ1) is 11.0. The van der Waals surface area contributed by atoms with Crippen molar-refractivity contribution in [3.8, 4) is 5.69 Å². The van der Waals surface area contributed by atoms with Gasteiger partial charge in [0.15, 0.2) is 0 Å². The van der Waals surface area contributed by atoms with Gasteiger partial charge in [0.2, 0.25) is 5.28 Å². The SMILES string of the molecule is CCc1nnc(Cl)n1-c1c(F)cccc1F. The molecule has 0 saturated heterocycles. The van der Waals surface area contributed by atoms with Crippen LogP contribution in [0.3, 0.4) is 0 Å². The maximum Gasteiger partial charge on any atom is 0.229 e. The van der Waals surface area contributed by atoms with Gasteiger partial charge in [0.05, 0.1) is 0 Å². The van der Waals surface area contributed by atoms with Crippen molar-refractivity contribution in [1.82, 2.24) is 14.8 Å². The van der Waals surface area contributed by atoms with E-state index in [-0.39, 0.29) is 11.0 Å². The summed E-state index contributed by atoms with van der Waals surface area (Å²) in [4.78, 5) is 0. The molecule has 0 saturated carbocycles. The molecule has 0 unspecified atom stereocenters. The number of aryl methyl sites for hydroxylation is 1. The molecule has 0 fully saturated rings. The van der Waals surface area contributed by atoms with Crippen molar-refractivity contribution in [3.05, 3.63) is 40.9 Å². The van der Waals surface area contributed by atoms with Gasteiger partial charge in [-0.3, -0.25) is 4.57 Å². The van der Waals surface area contributed by atoms with Crippen molar-refractivity contribution >= 4 is 11.6 Å². The monoisotopic (exact) mass is 243 g/mol. The van der Waals surface area contributed by atoms with Crippen molar-refractivity contribution in [1.29, 1.82) is 0 Å². The van der Waals surface area contributed by atoms with Crippen LogP contribution >= 0.6 is 11.6 Å². The highest BCUT2D eigenvalue weighted by Gasteiger charge is 2.17. The van der Waals surface area contributed by atoms with Crippen LogP contribution in [0.2, 0.25) is 5.28 Å². The van der Waals surface area contributed by atoms with Crippen LogP contribution < -0.4 is 0 Å². The summed E-state index contributed by atoms with van der Waals surface area (Å²) in [5.74, 6) is -0.984. The predicted molar refractivity (Wildman–Crippen MR) is 55.7 cm³/mol. The third kappa shape index (κ3) is 1.67. The lowest BCUT2D eigenvalue weighted by atomic mass is 10.3. The molecule has 6 heteroatoms. The minimum Gasteiger partial charge on any atom is -0.264 e. The maximum absolute atomic E-state index is 13.5. The van der Waals surface area contributed by atoms with Crippen molar-refractivity contribution in [2.24, 2.45) is 0 Å². The summed E-state index contributed by atoms with van der Waals surface area (Å²) < 4.78 is 28.2. The van der Waals surface area contributed by atoms with Gasteiger partial charge < -0.3 is 0 Å². The zero-order valence-corrected chi connectivity index (χ0v) is 9.17. The highest BCUT2D eigenvalue weighted by atomic mass is 35.5. The molecule has 0 aliphatic carbocycles. The van der Waals surface area contributed by atoms with E-state index in [1.807, 2.05) is 0 Å². The number of hydrogen-bond donors (Lipinski definition) is 0. The normalized spacial score (nSPS) is 10.8. The van der Waals surface area contributed by atoms with Gasteiger partial charge in [-0.05, 0) is 23.7 Å². The molecule has 2 aromatic rings. The second-order valence-corrected chi connectivity index (χ2v) is 3.48. The summed E-state index contributed by atoms with van der Waals surface area (Å²) in [6.07, 6.45) is 0.480. The Morgan fingerprint density at radius 1 is 1.25 bits per heavy atom. The van der Waals surface area contributed by atoms with Crippen LogP contribution in [0, 0.1) is 11.6 Å². The van der Waals surface area contributed by atoms with Gasteiger partial charge in [0.1, 0.15) is 23.1 Å². The zero-order valence-electron chi connectivity index (χ0n) is 8.41. The third-order valence-corrected chi connectivity index (χ3v) is 2.41. The zero-order chi connectivity index (χ0) is 11.7. The molecule has 3 nitrogen and oxygen atoms in total. The van der Waals surface area contributed by atoms with Crippen LogP contribution in [0.5, 0.6) is 0 Å². The Hall–Kier alpha value is -1.49. The molecule has 0 spiro atoms. The average molecular weight is 244 g/mol. The van der Waals surface area contributed by atoms with Crippen LogP contribution in [0.15, 0.2) is 18.2 Å². The number of hydrogen-bond acceptors (Lipinski definition) is 2. The number of nitrogens with zero attached hydrogens (tertiary/aromatic N) is 3. The summed E-state index contributed by atoms with van der Waals surface area (Å²) in [6, 6.07) is 3.61. The number of para-hydroxylation sites is 1. The first-order valence-electron chi connectivity index (χ1n) is 4.69. The molecule has 0 aliphatic rings. The van der Waals surface area contributed by atoms with Crippen molar-refractivity contribution < 1.29 is 8.78 Å². The summed E-state index contributed by atoms with van der Waals surface area (Å²) in [6.45, 7) is 1.80. The highest BCUT2D eigenvalue weighted by molar-refractivity contribution is 6.28. The molecule has 0 N–H and O–H groups in total. The predicted octanol–water partition coefficient (Wildman–Crippen LogP) is 2.76. The Balaban J connectivity index is 2.71. The van der Waals surface area contributed by atoms with E-state index in [2.05, 4.69) is 10.2 Å². The standard InChI is InChI=1S/C10H8ClF2N3/c1-2-8-14-15-10(11)16(8)9-6(12)4-3-5-7(9)13/h3-5H,2H2,1H3. The van der Waals surface area contributed by atoms with E-state index in [1.165, 1.54) is 10.6 Å². The molecule has 0 radical (unpaired) electrons. The van der Waals surface area contributed by atoms with Gasteiger partial charge in [-0.15, -0.1) is 10.2 Å². The number of halogens is 3. The topological polar surface area (TPSA) is 30.7 Å². The Kier molecular flexibility index (Phi) is 2.87. The summed E-state index contributed by atoms with van der Waals surface area (Å²) in [5, 5.41) is 7.28. The molecule has 1 heterocycles. The van der Waals surface area contributed by atoms with E-state index >= 15 is 0 Å². The minimum absolute atomic E-state index is 0.0548. The van der Waals surface area contributed by atoms with Gasteiger partial charge in [0, 0.05) is 6.42 Å². The van der Waals surface area contributed by atoms with Gasteiger partial charge in [-0.1, -0.05) is 13.0 Å². The molecule has 0 bridgehead atoms. The molecule has 1 aromatic carbocycles. The van der Waals surface area contributed by atoms with E-state index in [0.717, 1.165) is 12.1 Å². The minimum atomic E-state index is -0.698. The average Bonchev–Trinajstić information content (AvgIpc) is 2.60. The lowest BCUT2D eigenvalue weighted by Gasteiger charge is -2.08. The van der Waals surface area contributed by atoms with Gasteiger partial charge in [0.25, 0.3) is 0 Å². The van der Waals surface area contributed by atoms with Crippen LogP contribution in [-0.2, 0) is 6.42 Å². The van der Waals surface area contributed by atoms with Crippen molar-refractivity contribution in [2.75, 3.05) is 0 Å². The quantitative estimate of drug-likeness (QED) is 0.812. The van der Waals surface area contributed by atoms with Crippen molar-refractivity contribution in [2.45, 2.75) is 13.3 Å². The lowest BCUT2D eigenvalue weighted by molar-refractivity contribution is 0.566. The fourth-order valence-electron chi connectivity index (χ4n) is 1.45. The number of aromatic nitrogens is 3. The first-order valence-corrected chi connectivity index (χ1v) is 5.07. The van der Waals surface area contributed by atoms with E-state index < -0.39 is 11.6 Å². The van der Waals surface area contributed by atoms with Crippen LogP contribution in [0.1, 0.15) is 12.7 Å². The Labute approximate surface area is 95.7 Å². The summed E-state index contributed by atoms with van der Waals surface area (Å²) in [7, 11) is 0. The Morgan fingerprint density at radius 3 is 2.44 bits per heavy atom. The Bertz CT molecular complexity index is 505. The van der Waals surface area contributed by atoms with Crippen molar-refractivity contribution in [3.63, 3.8) is 0 Å². The smallest absolute Gasteiger partial charge is 0.229 e. The summed E-state index contributed by atoms with van der Waals surface area (Å²) in [5.41, 5.74) is -0.241. The number of rotatable bonds is 2. The maximum atomic E-state index is 13.5. The van der Waals surface area contributed by atoms with E-state index in [4.69, 9.17) is 11.6 Å². The van der Waals surface area contributed by atoms with E-state index in [9.17, 15) is 8.78 Å². The molecular formula is C10H8ClF2N3. The van der Waals surface area contributed by atoms with Crippen LogP contribution in [0.25, 0.3) is 5.69 Å². The van der Waals surface area contributed by atoms with Gasteiger partial charge in [-0.25, -0.2) is 8.78 Å². The molecule has 0 aliphatic heterocycles. The number of benzene rings is 1. The Morgan fingerprint density at radius 2 is 1.88 bits per heavy atom. The fourth-order valence-corrected chi connectivity index (χ4v) is 1.67. The highest BCUT2D eigenvalue weighted by Crippen LogP contribution is 2.22.